The van der Waals surface area contributed by atoms with Gasteiger partial charge in [-0.3, -0.25) is 4.68 Å². The van der Waals surface area contributed by atoms with Gasteiger partial charge in [0.2, 0.25) is 0 Å². The molecule has 2 unspecified atom stereocenters. The Labute approximate surface area is 111 Å². The molecule has 2 aromatic heterocycles. The van der Waals surface area contributed by atoms with Crippen LogP contribution in [0.25, 0.3) is 0 Å². The van der Waals surface area contributed by atoms with E-state index in [2.05, 4.69) is 17.3 Å². The van der Waals surface area contributed by atoms with Gasteiger partial charge in [-0.05, 0) is 28.8 Å². The second-order valence-electron chi connectivity index (χ2n) is 4.39. The molecule has 2 heterocycles. The molecule has 0 saturated heterocycles. The van der Waals surface area contributed by atoms with E-state index in [0.717, 1.165) is 17.5 Å². The highest BCUT2D eigenvalue weighted by Gasteiger charge is 2.14. The maximum atomic E-state index is 10.0. The summed E-state index contributed by atoms with van der Waals surface area (Å²) in [7, 11) is 1.91. The van der Waals surface area contributed by atoms with Crippen molar-refractivity contribution in [2.45, 2.75) is 25.5 Å². The molecule has 0 spiro atoms. The fraction of sp³-hybridized carbons (Fsp3) is 0.462. The van der Waals surface area contributed by atoms with E-state index in [9.17, 15) is 5.11 Å². The minimum atomic E-state index is -0.443. The van der Waals surface area contributed by atoms with Crippen molar-refractivity contribution in [3.8, 4) is 0 Å². The highest BCUT2D eigenvalue weighted by atomic mass is 32.1. The van der Waals surface area contributed by atoms with E-state index in [1.54, 1.807) is 16.0 Å². The monoisotopic (exact) mass is 265 g/mol. The first-order chi connectivity index (χ1) is 8.70. The van der Waals surface area contributed by atoms with Gasteiger partial charge in [0.15, 0.2) is 0 Å². The van der Waals surface area contributed by atoms with E-state index >= 15 is 0 Å². The number of aliphatic hydroxyl groups is 1. The second-order valence-corrected chi connectivity index (χ2v) is 5.17. The molecule has 0 amide bonds. The number of rotatable bonds is 6. The lowest BCUT2D eigenvalue weighted by atomic mass is 10.1. The molecule has 0 bridgehead atoms. The predicted octanol–water partition coefficient (Wildman–Crippen LogP) is 2.26. The number of hydrogen-bond donors (Lipinski definition) is 2. The topological polar surface area (TPSA) is 50.1 Å². The van der Waals surface area contributed by atoms with Crippen LogP contribution in [-0.4, -0.2) is 21.4 Å². The number of aromatic nitrogens is 2. The first kappa shape index (κ1) is 13.3. The van der Waals surface area contributed by atoms with Gasteiger partial charge in [-0.25, -0.2) is 0 Å². The highest BCUT2D eigenvalue weighted by molar-refractivity contribution is 7.07. The van der Waals surface area contributed by atoms with Gasteiger partial charge in [0, 0.05) is 31.4 Å². The lowest BCUT2D eigenvalue weighted by Gasteiger charge is -2.18. The van der Waals surface area contributed by atoms with Crippen molar-refractivity contribution in [3.05, 3.63) is 40.3 Å². The summed E-state index contributed by atoms with van der Waals surface area (Å²) < 4.78 is 1.80. The Morgan fingerprint density at radius 2 is 2.33 bits per heavy atom. The van der Waals surface area contributed by atoms with E-state index in [0.29, 0.717) is 6.54 Å². The lowest BCUT2D eigenvalue weighted by molar-refractivity contribution is 0.170. The number of nitrogens with zero attached hydrogens (tertiary/aromatic N) is 2. The highest BCUT2D eigenvalue weighted by Crippen LogP contribution is 2.19. The fourth-order valence-corrected chi connectivity index (χ4v) is 2.66. The number of thiophene rings is 1. The summed E-state index contributed by atoms with van der Waals surface area (Å²) >= 11 is 1.61. The quantitative estimate of drug-likeness (QED) is 0.842. The van der Waals surface area contributed by atoms with Crippen LogP contribution in [-0.2, 0) is 7.05 Å². The Morgan fingerprint density at radius 3 is 2.89 bits per heavy atom. The molecular formula is C13H19N3OS. The van der Waals surface area contributed by atoms with Crippen molar-refractivity contribution >= 4 is 11.3 Å². The normalized spacial score (nSPS) is 14.6. The van der Waals surface area contributed by atoms with Gasteiger partial charge in [-0.1, -0.05) is 6.92 Å². The third-order valence-electron chi connectivity index (χ3n) is 3.02. The van der Waals surface area contributed by atoms with E-state index in [1.165, 1.54) is 0 Å². The molecule has 2 atom stereocenters. The predicted molar refractivity (Wildman–Crippen MR) is 73.5 cm³/mol. The Kier molecular flexibility index (Phi) is 4.52. The van der Waals surface area contributed by atoms with Gasteiger partial charge in [0.1, 0.15) is 0 Å². The number of aryl methyl sites for hydroxylation is 1. The van der Waals surface area contributed by atoms with E-state index < -0.39 is 6.10 Å². The molecule has 0 saturated carbocycles. The molecule has 0 radical (unpaired) electrons. The molecule has 2 N–H and O–H groups in total. The molecule has 2 aromatic rings. The molecule has 5 heteroatoms. The van der Waals surface area contributed by atoms with Gasteiger partial charge in [-0.15, -0.1) is 0 Å². The van der Waals surface area contributed by atoms with Crippen LogP contribution in [0.15, 0.2) is 29.2 Å². The van der Waals surface area contributed by atoms with Gasteiger partial charge in [0.05, 0.1) is 12.3 Å². The molecule has 0 aliphatic rings. The van der Waals surface area contributed by atoms with Gasteiger partial charge >= 0.3 is 0 Å². The van der Waals surface area contributed by atoms with Crippen molar-refractivity contribution in [2.75, 3.05) is 6.54 Å². The van der Waals surface area contributed by atoms with Crippen LogP contribution < -0.4 is 5.32 Å². The number of hydrogen-bond acceptors (Lipinski definition) is 4. The summed E-state index contributed by atoms with van der Waals surface area (Å²) in [5.41, 5.74) is 2.14. The van der Waals surface area contributed by atoms with Gasteiger partial charge in [-0.2, -0.15) is 16.4 Å². The number of aliphatic hydroxyl groups excluding tert-OH is 1. The molecule has 2 rings (SSSR count). The molecule has 0 aliphatic carbocycles. The first-order valence-electron chi connectivity index (χ1n) is 6.12. The van der Waals surface area contributed by atoms with Crippen LogP contribution >= 0.6 is 11.3 Å². The van der Waals surface area contributed by atoms with Crippen LogP contribution in [0.5, 0.6) is 0 Å². The van der Waals surface area contributed by atoms with Crippen molar-refractivity contribution in [1.82, 2.24) is 15.1 Å². The molecular weight excluding hydrogens is 246 g/mol. The molecule has 98 valence electrons. The molecule has 18 heavy (non-hydrogen) atoms. The Balaban J connectivity index is 1.91. The maximum Gasteiger partial charge on any atom is 0.0922 e. The third-order valence-corrected chi connectivity index (χ3v) is 3.72. The van der Waals surface area contributed by atoms with Crippen LogP contribution in [0.3, 0.4) is 0 Å². The summed E-state index contributed by atoms with van der Waals surface area (Å²) in [5.74, 6) is 0. The smallest absolute Gasteiger partial charge is 0.0922 e. The van der Waals surface area contributed by atoms with Crippen molar-refractivity contribution in [3.63, 3.8) is 0 Å². The van der Waals surface area contributed by atoms with Crippen LogP contribution in [0.2, 0.25) is 0 Å². The zero-order valence-electron chi connectivity index (χ0n) is 10.7. The van der Waals surface area contributed by atoms with Crippen molar-refractivity contribution < 1.29 is 5.11 Å². The van der Waals surface area contributed by atoms with E-state index in [1.807, 2.05) is 36.3 Å². The summed E-state index contributed by atoms with van der Waals surface area (Å²) in [4.78, 5) is 0. The van der Waals surface area contributed by atoms with E-state index in [4.69, 9.17) is 0 Å². The maximum absolute atomic E-state index is 10.0. The summed E-state index contributed by atoms with van der Waals surface area (Å²) in [6.07, 6.45) is 4.42. The van der Waals surface area contributed by atoms with Crippen molar-refractivity contribution in [2.24, 2.45) is 7.05 Å². The standard InChI is InChI=1S/C13H19N3OS/c1-3-12(11-6-15-16(2)8-11)14-7-13(17)10-4-5-18-9-10/h4-6,8-9,12-14,17H,3,7H2,1-2H3. The van der Waals surface area contributed by atoms with Gasteiger partial charge < -0.3 is 10.4 Å². The van der Waals surface area contributed by atoms with Gasteiger partial charge in [0.25, 0.3) is 0 Å². The zero-order chi connectivity index (χ0) is 13.0. The number of nitrogens with one attached hydrogen (secondary N) is 1. The molecule has 0 fully saturated rings. The SMILES string of the molecule is CCC(NCC(O)c1ccsc1)c1cnn(C)c1. The Morgan fingerprint density at radius 1 is 1.50 bits per heavy atom. The lowest BCUT2D eigenvalue weighted by Crippen LogP contribution is -2.25. The average molecular weight is 265 g/mol. The molecule has 4 nitrogen and oxygen atoms in total. The van der Waals surface area contributed by atoms with Crippen LogP contribution in [0, 0.1) is 0 Å². The first-order valence-corrected chi connectivity index (χ1v) is 7.07. The molecule has 0 aromatic carbocycles. The minimum absolute atomic E-state index is 0.243. The largest absolute Gasteiger partial charge is 0.387 e. The Hall–Kier alpha value is -1.17. The second kappa shape index (κ2) is 6.13. The fourth-order valence-electron chi connectivity index (χ4n) is 1.95. The third kappa shape index (κ3) is 3.19. The van der Waals surface area contributed by atoms with Crippen LogP contribution in [0.4, 0.5) is 0 Å². The van der Waals surface area contributed by atoms with E-state index in [-0.39, 0.29) is 6.04 Å². The Bertz CT molecular complexity index is 466. The minimum Gasteiger partial charge on any atom is -0.387 e. The average Bonchev–Trinajstić information content (AvgIpc) is 3.01. The summed E-state index contributed by atoms with van der Waals surface area (Å²) in [6.45, 7) is 2.69. The van der Waals surface area contributed by atoms with Crippen LogP contribution in [0.1, 0.15) is 36.6 Å². The summed E-state index contributed by atoms with van der Waals surface area (Å²) in [6, 6.07) is 2.20. The van der Waals surface area contributed by atoms with Crippen molar-refractivity contribution in [1.29, 1.82) is 0 Å². The summed E-state index contributed by atoms with van der Waals surface area (Å²) in [5, 5.41) is 21.6. The zero-order valence-corrected chi connectivity index (χ0v) is 11.5. The molecule has 0 aliphatic heterocycles.